The lowest BCUT2D eigenvalue weighted by molar-refractivity contribution is -0.202. The number of esters is 2. The van der Waals surface area contributed by atoms with Gasteiger partial charge in [0.2, 0.25) is 0 Å². The molecule has 0 N–H and O–H groups in total. The van der Waals surface area contributed by atoms with E-state index in [1.807, 2.05) is 53.2 Å². The van der Waals surface area contributed by atoms with Gasteiger partial charge in [0.25, 0.3) is 0 Å². The van der Waals surface area contributed by atoms with Crippen LogP contribution in [0.2, 0.25) is 0 Å². The number of piperidine rings is 2. The van der Waals surface area contributed by atoms with E-state index in [0.717, 1.165) is 0 Å². The van der Waals surface area contributed by atoms with Crippen molar-refractivity contribution >= 4 is 17.7 Å². The van der Waals surface area contributed by atoms with Gasteiger partial charge in [-0.1, -0.05) is 24.3 Å². The Morgan fingerprint density at radius 3 is 1.56 bits per heavy atom. The third kappa shape index (κ3) is 3.57. The molecule has 2 unspecified atom stereocenters. The molecule has 9 heteroatoms. The molecule has 4 rings (SSSR count). The Morgan fingerprint density at radius 1 is 0.778 bits per heavy atom. The van der Waals surface area contributed by atoms with Gasteiger partial charge in [-0.15, -0.1) is 0 Å². The van der Waals surface area contributed by atoms with E-state index in [9.17, 15) is 14.4 Å². The molecule has 0 amide bonds. The number of fused-ring (bicyclic) bond motifs is 2. The van der Waals surface area contributed by atoms with E-state index in [0.29, 0.717) is 22.6 Å². The molecule has 2 heterocycles. The van der Waals surface area contributed by atoms with Crippen molar-refractivity contribution < 1.29 is 33.3 Å². The summed E-state index contributed by atoms with van der Waals surface area (Å²) in [4.78, 5) is 45.7. The van der Waals surface area contributed by atoms with Gasteiger partial charge in [0.1, 0.15) is 11.5 Å². The van der Waals surface area contributed by atoms with Crippen molar-refractivity contribution in [2.45, 2.75) is 12.1 Å². The van der Waals surface area contributed by atoms with Crippen molar-refractivity contribution in [1.82, 2.24) is 9.80 Å². The third-order valence-corrected chi connectivity index (χ3v) is 7.52. The van der Waals surface area contributed by atoms with Crippen LogP contribution in [-0.4, -0.2) is 83.1 Å². The number of hydrogen-bond donors (Lipinski definition) is 0. The first-order valence-electron chi connectivity index (χ1n) is 11.6. The Balaban J connectivity index is 2.08. The number of rotatable bonds is 6. The molecule has 2 saturated heterocycles. The fourth-order valence-corrected chi connectivity index (χ4v) is 6.28. The molecule has 4 atom stereocenters. The molecule has 0 aliphatic carbocycles. The number of likely N-dealkylation sites (tertiary alicyclic amines) is 2. The summed E-state index contributed by atoms with van der Waals surface area (Å²) < 4.78 is 21.4. The highest BCUT2D eigenvalue weighted by Crippen LogP contribution is 2.60. The Hall–Kier alpha value is -3.43. The average molecular weight is 497 g/mol. The number of methoxy groups -OCH3 is 4. The number of Topliss-reactive ketones (excluding diaryl/α,β-unsaturated/α-hetero) is 1. The number of ketones is 1. The minimum absolute atomic E-state index is 0.0777. The monoisotopic (exact) mass is 496 g/mol. The van der Waals surface area contributed by atoms with Crippen molar-refractivity contribution in [1.29, 1.82) is 0 Å². The number of carbonyl (C=O) groups excluding carboxylic acids is 3. The van der Waals surface area contributed by atoms with E-state index in [-0.39, 0.29) is 13.1 Å². The molecule has 0 aromatic heterocycles. The lowest BCUT2D eigenvalue weighted by Gasteiger charge is -2.60. The molecule has 0 spiro atoms. The van der Waals surface area contributed by atoms with Crippen molar-refractivity contribution in [3.63, 3.8) is 0 Å². The molecular weight excluding hydrogens is 464 g/mol. The van der Waals surface area contributed by atoms with E-state index in [1.165, 1.54) is 14.2 Å². The van der Waals surface area contributed by atoms with Gasteiger partial charge in [-0.3, -0.25) is 19.3 Å². The predicted octanol–water partition coefficient (Wildman–Crippen LogP) is 2.26. The first-order chi connectivity index (χ1) is 17.2. The molecule has 2 fully saturated rings. The molecule has 2 bridgehead atoms. The summed E-state index contributed by atoms with van der Waals surface area (Å²) >= 11 is 0. The maximum atomic E-state index is 14.7. The van der Waals surface area contributed by atoms with Crippen molar-refractivity contribution in [3.8, 4) is 11.5 Å². The Morgan fingerprint density at radius 2 is 1.19 bits per heavy atom. The van der Waals surface area contributed by atoms with Gasteiger partial charge in [-0.05, 0) is 49.5 Å². The second-order valence-electron chi connectivity index (χ2n) is 9.45. The summed E-state index contributed by atoms with van der Waals surface area (Å²) in [5, 5.41) is 0. The summed E-state index contributed by atoms with van der Waals surface area (Å²) in [5.41, 5.74) is -1.99. The Labute approximate surface area is 210 Å². The second kappa shape index (κ2) is 9.55. The molecule has 2 aliphatic rings. The highest BCUT2D eigenvalue weighted by molar-refractivity contribution is 6.17. The zero-order valence-electron chi connectivity index (χ0n) is 21.4. The van der Waals surface area contributed by atoms with Gasteiger partial charge in [0.15, 0.2) is 16.6 Å². The molecule has 0 radical (unpaired) electrons. The van der Waals surface area contributed by atoms with Crippen LogP contribution >= 0.6 is 0 Å². The molecule has 9 nitrogen and oxygen atoms in total. The van der Waals surface area contributed by atoms with E-state index in [2.05, 4.69) is 0 Å². The third-order valence-electron chi connectivity index (χ3n) is 7.52. The maximum absolute atomic E-state index is 14.7. The van der Waals surface area contributed by atoms with Crippen LogP contribution in [0.15, 0.2) is 48.5 Å². The fraction of sp³-hybridized carbons (Fsp3) is 0.444. The predicted molar refractivity (Wildman–Crippen MR) is 131 cm³/mol. The highest BCUT2D eigenvalue weighted by atomic mass is 16.5. The van der Waals surface area contributed by atoms with Crippen LogP contribution in [0, 0.1) is 10.8 Å². The first-order valence-corrected chi connectivity index (χ1v) is 11.6. The number of benzene rings is 2. The Kier molecular flexibility index (Phi) is 6.81. The first kappa shape index (κ1) is 25.7. The molecule has 192 valence electrons. The molecular formula is C27H32N2O7. The lowest BCUT2D eigenvalue weighted by atomic mass is 9.54. The summed E-state index contributed by atoms with van der Waals surface area (Å²) in [6, 6.07) is 13.0. The van der Waals surface area contributed by atoms with Gasteiger partial charge in [0, 0.05) is 13.1 Å². The van der Waals surface area contributed by atoms with Crippen LogP contribution in [0.25, 0.3) is 0 Å². The zero-order valence-corrected chi connectivity index (χ0v) is 21.4. The van der Waals surface area contributed by atoms with Crippen LogP contribution in [0.1, 0.15) is 23.2 Å². The highest BCUT2D eigenvalue weighted by Gasteiger charge is 2.74. The topological polar surface area (TPSA) is 94.6 Å². The number of carbonyl (C=O) groups is 3. The van der Waals surface area contributed by atoms with Crippen LogP contribution in [0.3, 0.4) is 0 Å². The maximum Gasteiger partial charge on any atom is 0.322 e. The molecule has 2 aliphatic heterocycles. The second-order valence-corrected chi connectivity index (χ2v) is 9.45. The quantitative estimate of drug-likeness (QED) is 0.441. The summed E-state index contributed by atoms with van der Waals surface area (Å²) in [5.74, 6) is -0.738. The van der Waals surface area contributed by atoms with E-state index in [1.54, 1.807) is 33.4 Å². The summed E-state index contributed by atoms with van der Waals surface area (Å²) in [6.07, 6.45) is 0. The SMILES string of the molecule is COC(=O)[C@@]12CN(C)C[C@@](C(=O)OC)(C1=O)C(c1cccc(OC)c1)N(C)C2c1cccc(OC)c1. The van der Waals surface area contributed by atoms with Gasteiger partial charge in [-0.2, -0.15) is 0 Å². The average Bonchev–Trinajstić information content (AvgIpc) is 2.89. The number of hydrogen-bond acceptors (Lipinski definition) is 9. The molecule has 0 saturated carbocycles. The van der Waals surface area contributed by atoms with E-state index < -0.39 is 40.6 Å². The van der Waals surface area contributed by atoms with Crippen LogP contribution in [0.5, 0.6) is 11.5 Å². The van der Waals surface area contributed by atoms with E-state index >= 15 is 0 Å². The van der Waals surface area contributed by atoms with Crippen molar-refractivity contribution in [3.05, 3.63) is 59.7 Å². The minimum atomic E-state index is -1.69. The zero-order chi connectivity index (χ0) is 26.3. The van der Waals surface area contributed by atoms with Crippen molar-refractivity contribution in [2.24, 2.45) is 10.8 Å². The molecule has 2 aromatic rings. The van der Waals surface area contributed by atoms with Crippen LogP contribution in [0.4, 0.5) is 0 Å². The van der Waals surface area contributed by atoms with Gasteiger partial charge in [-0.25, -0.2) is 0 Å². The van der Waals surface area contributed by atoms with Crippen molar-refractivity contribution in [2.75, 3.05) is 55.6 Å². The van der Waals surface area contributed by atoms with E-state index in [4.69, 9.17) is 18.9 Å². The number of nitrogens with zero attached hydrogens (tertiary/aromatic N) is 2. The largest absolute Gasteiger partial charge is 0.497 e. The summed E-state index contributed by atoms with van der Waals surface area (Å²) in [7, 11) is 9.24. The standard InChI is InChI=1S/C27H32N2O7/c1-28-15-26(24(31)35-5)21(17-9-7-11-19(13-17)33-3)29(2)22(18-10-8-12-20(14-18)34-4)27(16-28,23(26)30)25(32)36-6/h7-14,21-22H,15-16H2,1-6H3/t21?,22?,26-,27+. The van der Waals surface area contributed by atoms with Crippen LogP contribution < -0.4 is 9.47 Å². The van der Waals surface area contributed by atoms with Gasteiger partial charge >= 0.3 is 11.9 Å². The summed E-state index contributed by atoms with van der Waals surface area (Å²) in [6.45, 7) is 0.155. The fourth-order valence-electron chi connectivity index (χ4n) is 6.28. The Bertz CT molecular complexity index is 1100. The van der Waals surface area contributed by atoms with Crippen LogP contribution in [-0.2, 0) is 23.9 Å². The molecule has 36 heavy (non-hydrogen) atoms. The number of ether oxygens (including phenoxy) is 4. The lowest BCUT2D eigenvalue weighted by Crippen LogP contribution is -2.75. The van der Waals surface area contributed by atoms with Gasteiger partial charge in [0.05, 0.1) is 40.5 Å². The van der Waals surface area contributed by atoms with Gasteiger partial charge < -0.3 is 23.8 Å². The minimum Gasteiger partial charge on any atom is -0.497 e. The smallest absolute Gasteiger partial charge is 0.322 e. The normalized spacial score (nSPS) is 28.3. The molecule has 2 aromatic carbocycles.